The highest BCUT2D eigenvalue weighted by molar-refractivity contribution is 5.93. The third kappa shape index (κ3) is 3.44. The van der Waals surface area contributed by atoms with Crippen LogP contribution in [0.1, 0.15) is 41.0 Å². The third-order valence-corrected chi connectivity index (χ3v) is 4.40. The fourth-order valence-electron chi connectivity index (χ4n) is 2.99. The van der Waals surface area contributed by atoms with E-state index in [1.807, 2.05) is 0 Å². The van der Waals surface area contributed by atoms with Crippen LogP contribution in [-0.4, -0.2) is 44.3 Å². The second-order valence-electron chi connectivity index (χ2n) is 6.15. The van der Waals surface area contributed by atoms with E-state index in [-0.39, 0.29) is 23.4 Å². The van der Waals surface area contributed by atoms with Crippen molar-refractivity contribution in [2.24, 2.45) is 0 Å². The van der Waals surface area contributed by atoms with Crippen molar-refractivity contribution in [3.63, 3.8) is 0 Å². The smallest absolute Gasteiger partial charge is 0.463 e. The first-order chi connectivity index (χ1) is 12.9. The van der Waals surface area contributed by atoms with Gasteiger partial charge in [-0.3, -0.25) is 9.89 Å². The largest absolute Gasteiger partial charge is 0.470 e. The molecule has 0 unspecified atom stereocenters. The number of hydrogen-bond acceptors (Lipinski definition) is 6. The first kappa shape index (κ1) is 17.3. The molecule has 0 aliphatic carbocycles. The Morgan fingerprint density at radius 3 is 2.67 bits per heavy atom. The van der Waals surface area contributed by atoms with Crippen LogP contribution in [0.15, 0.2) is 33.3 Å². The Balaban J connectivity index is 1.39. The number of nitrogens with zero attached hydrogens (tertiary/aromatic N) is 4. The lowest BCUT2D eigenvalue weighted by atomic mass is 9.96. The van der Waals surface area contributed by atoms with Crippen molar-refractivity contribution >= 4 is 5.91 Å². The van der Waals surface area contributed by atoms with Crippen molar-refractivity contribution in [3.05, 3.63) is 41.9 Å². The standard InChI is InChI=1S/C16H14F3N5O3/c17-16(18,19)15-23-22-13(27-15)9-3-5-24(6-4-9)14(25)11-8-10(20-21-11)12-2-1-7-26-12/h1-2,7-9H,3-6H2,(H,20,21). The van der Waals surface area contributed by atoms with E-state index in [0.29, 0.717) is 37.4 Å². The lowest BCUT2D eigenvalue weighted by Gasteiger charge is -2.29. The number of carbonyl (C=O) groups excluding carboxylic acids is 1. The second-order valence-corrected chi connectivity index (χ2v) is 6.15. The summed E-state index contributed by atoms with van der Waals surface area (Å²) in [6.07, 6.45) is -2.28. The summed E-state index contributed by atoms with van der Waals surface area (Å²) in [5.74, 6) is -1.40. The SMILES string of the molecule is O=C(c1cc(-c2ccco2)[nH]n1)N1CCC(c2nnc(C(F)(F)F)o2)CC1. The number of alkyl halides is 3. The normalized spacial score (nSPS) is 16.0. The van der Waals surface area contributed by atoms with Gasteiger partial charge in [0.05, 0.1) is 6.26 Å². The van der Waals surface area contributed by atoms with Crippen molar-refractivity contribution in [1.82, 2.24) is 25.3 Å². The predicted molar refractivity (Wildman–Crippen MR) is 83.5 cm³/mol. The molecule has 3 aromatic heterocycles. The summed E-state index contributed by atoms with van der Waals surface area (Å²) in [6, 6.07) is 5.07. The first-order valence-electron chi connectivity index (χ1n) is 8.21. The molecule has 142 valence electrons. The molecule has 0 spiro atoms. The van der Waals surface area contributed by atoms with Gasteiger partial charge in [0.1, 0.15) is 5.69 Å². The molecular formula is C16H14F3N5O3. The molecule has 0 atom stereocenters. The molecule has 3 aromatic rings. The van der Waals surface area contributed by atoms with Gasteiger partial charge in [0, 0.05) is 25.1 Å². The number of nitrogens with one attached hydrogen (secondary N) is 1. The zero-order valence-corrected chi connectivity index (χ0v) is 13.9. The second kappa shape index (κ2) is 6.56. The number of carbonyl (C=O) groups is 1. The van der Waals surface area contributed by atoms with Crippen molar-refractivity contribution in [3.8, 4) is 11.5 Å². The van der Waals surface area contributed by atoms with E-state index >= 15 is 0 Å². The average molecular weight is 381 g/mol. The molecule has 8 nitrogen and oxygen atoms in total. The molecule has 4 rings (SSSR count). The molecule has 0 saturated carbocycles. The van der Waals surface area contributed by atoms with E-state index < -0.39 is 12.1 Å². The van der Waals surface area contributed by atoms with Crippen LogP contribution in [0.4, 0.5) is 13.2 Å². The monoisotopic (exact) mass is 381 g/mol. The fourth-order valence-corrected chi connectivity index (χ4v) is 2.99. The topological polar surface area (TPSA) is 101 Å². The highest BCUT2D eigenvalue weighted by Gasteiger charge is 2.39. The summed E-state index contributed by atoms with van der Waals surface area (Å²) < 4.78 is 47.7. The fraction of sp³-hybridized carbons (Fsp3) is 0.375. The molecule has 1 aliphatic rings. The summed E-state index contributed by atoms with van der Waals surface area (Å²) in [6.45, 7) is 0.715. The number of aromatic amines is 1. The van der Waals surface area contributed by atoms with Crippen molar-refractivity contribution in [2.75, 3.05) is 13.1 Å². The molecule has 1 aliphatic heterocycles. The van der Waals surface area contributed by atoms with Crippen LogP contribution in [0, 0.1) is 0 Å². The number of aromatic nitrogens is 4. The van der Waals surface area contributed by atoms with E-state index in [0.717, 1.165) is 0 Å². The summed E-state index contributed by atoms with van der Waals surface area (Å²) in [5.41, 5.74) is 0.834. The van der Waals surface area contributed by atoms with Crippen LogP contribution >= 0.6 is 0 Å². The number of furan rings is 1. The van der Waals surface area contributed by atoms with Gasteiger partial charge in [0.25, 0.3) is 5.91 Å². The maximum atomic E-state index is 12.6. The van der Waals surface area contributed by atoms with Gasteiger partial charge in [-0.15, -0.1) is 10.2 Å². The molecule has 1 N–H and O–H groups in total. The minimum Gasteiger partial charge on any atom is -0.463 e. The van der Waals surface area contributed by atoms with Crippen LogP contribution in [0.5, 0.6) is 0 Å². The number of hydrogen-bond donors (Lipinski definition) is 1. The summed E-state index contributed by atoms with van der Waals surface area (Å²) in [4.78, 5) is 14.2. The van der Waals surface area contributed by atoms with Crippen LogP contribution in [-0.2, 0) is 6.18 Å². The van der Waals surface area contributed by atoms with Gasteiger partial charge >= 0.3 is 12.1 Å². The van der Waals surface area contributed by atoms with Gasteiger partial charge in [-0.1, -0.05) is 0 Å². The first-order valence-corrected chi connectivity index (χ1v) is 8.21. The van der Waals surface area contributed by atoms with Gasteiger partial charge in [-0.05, 0) is 25.0 Å². The Labute approximate surface area is 150 Å². The molecular weight excluding hydrogens is 367 g/mol. The van der Waals surface area contributed by atoms with Gasteiger partial charge < -0.3 is 13.7 Å². The van der Waals surface area contributed by atoms with E-state index in [1.54, 1.807) is 23.1 Å². The molecule has 1 amide bonds. The number of rotatable bonds is 3. The molecule has 27 heavy (non-hydrogen) atoms. The lowest BCUT2D eigenvalue weighted by molar-refractivity contribution is -0.157. The molecule has 1 saturated heterocycles. The van der Waals surface area contributed by atoms with Gasteiger partial charge in [-0.2, -0.15) is 18.3 Å². The van der Waals surface area contributed by atoms with Gasteiger partial charge in [0.2, 0.25) is 5.89 Å². The maximum absolute atomic E-state index is 12.6. The highest BCUT2D eigenvalue weighted by Crippen LogP contribution is 2.32. The average Bonchev–Trinajstić information content (AvgIpc) is 3.41. The van der Waals surface area contributed by atoms with Crippen molar-refractivity contribution in [2.45, 2.75) is 24.9 Å². The summed E-state index contributed by atoms with van der Waals surface area (Å²) in [5, 5.41) is 13.3. The number of amides is 1. The lowest BCUT2D eigenvalue weighted by Crippen LogP contribution is -2.38. The highest BCUT2D eigenvalue weighted by atomic mass is 19.4. The molecule has 0 radical (unpaired) electrons. The summed E-state index contributed by atoms with van der Waals surface area (Å²) >= 11 is 0. The van der Waals surface area contributed by atoms with E-state index in [4.69, 9.17) is 8.83 Å². The van der Waals surface area contributed by atoms with Crippen LogP contribution in [0.2, 0.25) is 0 Å². The van der Waals surface area contributed by atoms with E-state index in [9.17, 15) is 18.0 Å². The summed E-state index contributed by atoms with van der Waals surface area (Å²) in [7, 11) is 0. The van der Waals surface area contributed by atoms with E-state index in [1.165, 1.54) is 6.26 Å². The minimum atomic E-state index is -4.66. The zero-order chi connectivity index (χ0) is 19.0. The predicted octanol–water partition coefficient (Wildman–Crippen LogP) is 3.09. The van der Waals surface area contributed by atoms with Gasteiger partial charge in [0.15, 0.2) is 11.5 Å². The Hall–Kier alpha value is -3.11. The molecule has 4 heterocycles. The molecule has 11 heteroatoms. The Morgan fingerprint density at radius 2 is 2.04 bits per heavy atom. The van der Waals surface area contributed by atoms with Crippen molar-refractivity contribution < 1.29 is 26.8 Å². The van der Waals surface area contributed by atoms with Crippen LogP contribution in [0.25, 0.3) is 11.5 Å². The quantitative estimate of drug-likeness (QED) is 0.748. The van der Waals surface area contributed by atoms with Crippen LogP contribution in [0.3, 0.4) is 0 Å². The molecule has 0 bridgehead atoms. The zero-order valence-electron chi connectivity index (χ0n) is 13.9. The number of halogens is 3. The number of piperidine rings is 1. The van der Waals surface area contributed by atoms with Crippen molar-refractivity contribution in [1.29, 1.82) is 0 Å². The molecule has 1 fully saturated rings. The Kier molecular flexibility index (Phi) is 4.21. The minimum absolute atomic E-state index is 0.0469. The van der Waals surface area contributed by atoms with Gasteiger partial charge in [-0.25, -0.2) is 0 Å². The number of likely N-dealkylation sites (tertiary alicyclic amines) is 1. The Morgan fingerprint density at radius 1 is 1.26 bits per heavy atom. The molecule has 0 aromatic carbocycles. The Bertz CT molecular complexity index is 923. The van der Waals surface area contributed by atoms with E-state index in [2.05, 4.69) is 20.4 Å². The third-order valence-electron chi connectivity index (χ3n) is 4.40. The number of H-pyrrole nitrogens is 1. The maximum Gasteiger partial charge on any atom is 0.470 e. The van der Waals surface area contributed by atoms with Crippen LogP contribution < -0.4 is 0 Å².